The average Bonchev–Trinajstić information content (AvgIpc) is 2.96. The van der Waals surface area contributed by atoms with Crippen molar-refractivity contribution in [3.8, 4) is 11.6 Å². The Hall–Kier alpha value is -4.88. The fraction of sp³-hybridized carbons (Fsp3) is 0.259. The van der Waals surface area contributed by atoms with Gasteiger partial charge in [-0.2, -0.15) is 18.2 Å². The molecule has 0 saturated heterocycles. The van der Waals surface area contributed by atoms with E-state index in [4.69, 9.17) is 9.72 Å². The molecule has 0 fully saturated rings. The molecule has 0 radical (unpaired) electrons. The first kappa shape index (κ1) is 26.3. The summed E-state index contributed by atoms with van der Waals surface area (Å²) in [5.74, 6) is -0.582. The van der Waals surface area contributed by atoms with Crippen LogP contribution in [0.5, 0.6) is 11.6 Å². The SMILES string of the molecule is CN1c2nc(NCc3ccc(Oc4cnc(C(F)(F)F)nc4)nc3)nc3c2N(CCC3)C(=O)C1c1ccc(F)cc1. The number of rotatable bonds is 6. The number of likely N-dealkylation sites (N-methyl/N-ethyl adjacent to an activating group) is 1. The van der Waals surface area contributed by atoms with E-state index in [-0.39, 0.29) is 23.4 Å². The molecule has 14 heteroatoms. The number of hydrogen-bond donors (Lipinski definition) is 1. The highest BCUT2D eigenvalue weighted by molar-refractivity contribution is 6.06. The number of ether oxygens (including phenoxy) is 1. The second-order valence-corrected chi connectivity index (χ2v) is 9.52. The lowest BCUT2D eigenvalue weighted by Gasteiger charge is -2.42. The van der Waals surface area contributed by atoms with Gasteiger partial charge in [-0.3, -0.25) is 4.79 Å². The van der Waals surface area contributed by atoms with E-state index in [0.29, 0.717) is 42.5 Å². The molecule has 41 heavy (non-hydrogen) atoms. The summed E-state index contributed by atoms with van der Waals surface area (Å²) in [7, 11) is 1.79. The predicted octanol–water partition coefficient (Wildman–Crippen LogP) is 4.69. The van der Waals surface area contributed by atoms with Gasteiger partial charge in [0.2, 0.25) is 17.7 Å². The first-order valence-corrected chi connectivity index (χ1v) is 12.6. The number of alkyl halides is 3. The molecular formula is C27H22F4N8O2. The maximum absolute atomic E-state index is 13.6. The van der Waals surface area contributed by atoms with Crippen molar-refractivity contribution in [3.05, 3.63) is 83.5 Å². The van der Waals surface area contributed by atoms with Crippen molar-refractivity contribution >= 4 is 23.4 Å². The van der Waals surface area contributed by atoms with Crippen molar-refractivity contribution in [2.24, 2.45) is 0 Å². The zero-order valence-corrected chi connectivity index (χ0v) is 21.6. The first-order valence-electron chi connectivity index (χ1n) is 12.6. The van der Waals surface area contributed by atoms with E-state index < -0.39 is 18.0 Å². The lowest BCUT2D eigenvalue weighted by molar-refractivity contribution is -0.145. The third kappa shape index (κ3) is 5.19. The van der Waals surface area contributed by atoms with Crippen LogP contribution in [-0.4, -0.2) is 44.4 Å². The van der Waals surface area contributed by atoms with Crippen LogP contribution in [-0.2, 0) is 23.9 Å². The van der Waals surface area contributed by atoms with Crippen LogP contribution in [0.25, 0.3) is 0 Å². The maximum Gasteiger partial charge on any atom is 0.451 e. The highest BCUT2D eigenvalue weighted by atomic mass is 19.4. The van der Waals surface area contributed by atoms with E-state index in [1.165, 1.54) is 12.1 Å². The molecule has 2 aliphatic rings. The van der Waals surface area contributed by atoms with E-state index >= 15 is 0 Å². The normalized spacial score (nSPS) is 16.4. The van der Waals surface area contributed by atoms with Gasteiger partial charge in [-0.15, -0.1) is 0 Å². The van der Waals surface area contributed by atoms with Gasteiger partial charge in [0.05, 0.1) is 18.1 Å². The second-order valence-electron chi connectivity index (χ2n) is 9.52. The lowest BCUT2D eigenvalue weighted by Crippen LogP contribution is -2.49. The summed E-state index contributed by atoms with van der Waals surface area (Å²) in [5.41, 5.74) is 2.90. The maximum atomic E-state index is 13.6. The number of hydrogen-bond acceptors (Lipinski definition) is 9. The van der Waals surface area contributed by atoms with Gasteiger partial charge in [-0.05, 0) is 36.1 Å². The summed E-state index contributed by atoms with van der Waals surface area (Å²) in [5, 5.41) is 3.20. The van der Waals surface area contributed by atoms with Crippen molar-refractivity contribution < 1.29 is 27.1 Å². The number of nitrogens with one attached hydrogen (secondary N) is 1. The summed E-state index contributed by atoms with van der Waals surface area (Å²) in [4.78, 5) is 37.1. The van der Waals surface area contributed by atoms with E-state index in [1.54, 1.807) is 47.3 Å². The average molecular weight is 567 g/mol. The number of pyridine rings is 1. The summed E-state index contributed by atoms with van der Waals surface area (Å²) >= 11 is 0. The fourth-order valence-electron chi connectivity index (χ4n) is 4.84. The van der Waals surface area contributed by atoms with Gasteiger partial charge in [0.1, 0.15) is 17.5 Å². The monoisotopic (exact) mass is 566 g/mol. The van der Waals surface area contributed by atoms with Gasteiger partial charge in [-0.25, -0.2) is 24.3 Å². The molecule has 1 N–H and O–H groups in total. The molecule has 0 saturated carbocycles. The Morgan fingerprint density at radius 2 is 1.78 bits per heavy atom. The van der Waals surface area contributed by atoms with Crippen LogP contribution in [0, 0.1) is 5.82 Å². The lowest BCUT2D eigenvalue weighted by atomic mass is 9.97. The standard InChI is InChI=1S/C27H22F4N8O2/c1-38-21(16-5-7-17(28)8-6-16)24(40)39-10-2-3-19-22(39)23(38)37-26(36-19)35-12-15-4-9-20(32-11-15)41-18-13-33-25(34-14-18)27(29,30)31/h4-9,11,13-14,21H,2-3,10,12H2,1H3,(H,35,36,37). The summed E-state index contributed by atoms with van der Waals surface area (Å²) in [6, 6.07) is 8.54. The highest BCUT2D eigenvalue weighted by Gasteiger charge is 2.41. The molecule has 0 bridgehead atoms. The van der Waals surface area contributed by atoms with Crippen LogP contribution in [0.2, 0.25) is 0 Å². The second kappa shape index (κ2) is 10.3. The quantitative estimate of drug-likeness (QED) is 0.333. The Kier molecular flexibility index (Phi) is 6.59. The first-order chi connectivity index (χ1) is 19.7. The van der Waals surface area contributed by atoms with Crippen molar-refractivity contribution in [1.29, 1.82) is 0 Å². The van der Waals surface area contributed by atoms with Crippen LogP contribution in [0.4, 0.5) is 35.0 Å². The van der Waals surface area contributed by atoms with Crippen molar-refractivity contribution in [2.75, 3.05) is 28.7 Å². The molecule has 4 aromatic rings. The Morgan fingerprint density at radius 1 is 1.02 bits per heavy atom. The molecule has 2 aliphatic heterocycles. The van der Waals surface area contributed by atoms with Gasteiger partial charge in [0.25, 0.3) is 5.91 Å². The minimum Gasteiger partial charge on any atom is -0.436 e. The summed E-state index contributed by atoms with van der Waals surface area (Å²) in [6.45, 7) is 0.877. The Balaban J connectivity index is 1.18. The van der Waals surface area contributed by atoms with E-state index in [2.05, 4.69) is 25.3 Å². The molecule has 1 unspecified atom stereocenters. The number of aromatic nitrogens is 5. The molecule has 10 nitrogen and oxygen atoms in total. The summed E-state index contributed by atoms with van der Waals surface area (Å²) < 4.78 is 56.9. The van der Waals surface area contributed by atoms with E-state index in [1.807, 2.05) is 0 Å². The number of nitrogens with zero attached hydrogens (tertiary/aromatic N) is 7. The molecule has 1 amide bonds. The largest absolute Gasteiger partial charge is 0.451 e. The van der Waals surface area contributed by atoms with Crippen molar-refractivity contribution in [3.63, 3.8) is 0 Å². The number of amides is 1. The van der Waals surface area contributed by atoms with Gasteiger partial charge < -0.3 is 19.9 Å². The van der Waals surface area contributed by atoms with Gasteiger partial charge in [-0.1, -0.05) is 18.2 Å². The number of halogens is 4. The fourth-order valence-corrected chi connectivity index (χ4v) is 4.84. The molecule has 3 aromatic heterocycles. The molecule has 1 aromatic carbocycles. The number of carbonyl (C=O) groups is 1. The number of benzene rings is 1. The molecule has 1 atom stereocenters. The van der Waals surface area contributed by atoms with Crippen LogP contribution < -0.4 is 19.9 Å². The van der Waals surface area contributed by atoms with Crippen LogP contribution in [0.15, 0.2) is 55.0 Å². The van der Waals surface area contributed by atoms with Gasteiger partial charge >= 0.3 is 6.18 Å². The molecule has 6 rings (SSSR count). The topological polar surface area (TPSA) is 109 Å². The Labute approximate surface area is 231 Å². The molecule has 0 spiro atoms. The molecule has 5 heterocycles. The van der Waals surface area contributed by atoms with Crippen LogP contribution >= 0.6 is 0 Å². The van der Waals surface area contributed by atoms with Gasteiger partial charge in [0, 0.05) is 32.4 Å². The highest BCUT2D eigenvalue weighted by Crippen LogP contribution is 2.44. The zero-order chi connectivity index (χ0) is 28.7. The predicted molar refractivity (Wildman–Crippen MR) is 139 cm³/mol. The van der Waals surface area contributed by atoms with Gasteiger partial charge in [0.15, 0.2) is 11.6 Å². The smallest absolute Gasteiger partial charge is 0.436 e. The third-order valence-corrected chi connectivity index (χ3v) is 6.76. The van der Waals surface area contributed by atoms with E-state index in [0.717, 1.165) is 30.1 Å². The summed E-state index contributed by atoms with van der Waals surface area (Å²) in [6.07, 6.45) is 0.218. The molecular weight excluding hydrogens is 544 g/mol. The number of anilines is 3. The van der Waals surface area contributed by atoms with Crippen molar-refractivity contribution in [1.82, 2.24) is 24.9 Å². The Morgan fingerprint density at radius 3 is 2.46 bits per heavy atom. The molecule has 0 aliphatic carbocycles. The molecule has 210 valence electrons. The van der Waals surface area contributed by atoms with E-state index in [9.17, 15) is 22.4 Å². The number of aryl methyl sites for hydroxylation is 1. The third-order valence-electron chi connectivity index (χ3n) is 6.76. The minimum absolute atomic E-state index is 0.0170. The minimum atomic E-state index is -4.64. The van der Waals surface area contributed by atoms with Crippen LogP contribution in [0.1, 0.15) is 35.1 Å². The number of carbonyl (C=O) groups excluding carboxylic acids is 1. The zero-order valence-electron chi connectivity index (χ0n) is 21.6. The van der Waals surface area contributed by atoms with Crippen LogP contribution in [0.3, 0.4) is 0 Å². The Bertz CT molecular complexity index is 1580. The van der Waals surface area contributed by atoms with Crippen molar-refractivity contribution in [2.45, 2.75) is 31.6 Å².